The zero-order valence-electron chi connectivity index (χ0n) is 12.2. The van der Waals surface area contributed by atoms with Crippen LogP contribution in [0.3, 0.4) is 0 Å². The van der Waals surface area contributed by atoms with Gasteiger partial charge in [-0.3, -0.25) is 0 Å². The summed E-state index contributed by atoms with van der Waals surface area (Å²) in [6, 6.07) is 7.02. The van der Waals surface area contributed by atoms with E-state index in [1.807, 2.05) is 13.0 Å². The smallest absolute Gasteiger partial charge is 0.0447 e. The van der Waals surface area contributed by atoms with E-state index in [-0.39, 0.29) is 6.04 Å². The van der Waals surface area contributed by atoms with Crippen molar-refractivity contribution in [3.8, 4) is 0 Å². The normalized spacial score (nSPS) is 23.5. The van der Waals surface area contributed by atoms with E-state index in [0.29, 0.717) is 18.0 Å². The first-order valence-corrected chi connectivity index (χ1v) is 7.51. The predicted octanol–water partition coefficient (Wildman–Crippen LogP) is 3.82. The summed E-state index contributed by atoms with van der Waals surface area (Å²) in [5, 5.41) is 4.52. The summed E-state index contributed by atoms with van der Waals surface area (Å²) in [4.78, 5) is 0. The molecule has 0 bridgehead atoms. The molecule has 19 heavy (non-hydrogen) atoms. The highest BCUT2D eigenvalue weighted by molar-refractivity contribution is 6.31. The Kier molecular flexibility index (Phi) is 4.54. The highest BCUT2D eigenvalue weighted by atomic mass is 35.5. The molecule has 0 saturated heterocycles. The summed E-state index contributed by atoms with van der Waals surface area (Å²) < 4.78 is 0. The molecule has 0 aliphatic heterocycles. The molecule has 2 rings (SSSR count). The molecule has 1 saturated carbocycles. The number of benzene rings is 1. The third-order valence-electron chi connectivity index (χ3n) is 4.24. The van der Waals surface area contributed by atoms with Crippen LogP contribution in [0.15, 0.2) is 18.2 Å². The maximum Gasteiger partial charge on any atom is 0.0447 e. The van der Waals surface area contributed by atoms with Crippen LogP contribution >= 0.6 is 11.6 Å². The van der Waals surface area contributed by atoms with Gasteiger partial charge in [-0.25, -0.2) is 0 Å². The van der Waals surface area contributed by atoms with Crippen molar-refractivity contribution < 1.29 is 0 Å². The molecule has 3 N–H and O–H groups in total. The van der Waals surface area contributed by atoms with Crippen LogP contribution in [-0.4, -0.2) is 12.6 Å². The van der Waals surface area contributed by atoms with Crippen molar-refractivity contribution in [3.05, 3.63) is 34.3 Å². The Morgan fingerprint density at radius 1 is 1.47 bits per heavy atom. The van der Waals surface area contributed by atoms with E-state index in [9.17, 15) is 0 Å². The number of aryl methyl sites for hydroxylation is 1. The summed E-state index contributed by atoms with van der Waals surface area (Å²) in [5.74, 6) is 0. The molecule has 0 amide bonds. The molecule has 1 aromatic rings. The van der Waals surface area contributed by atoms with Gasteiger partial charge in [0.25, 0.3) is 0 Å². The molecule has 0 aromatic heterocycles. The Morgan fingerprint density at radius 2 is 2.21 bits per heavy atom. The number of hydrogen-bond donors (Lipinski definition) is 2. The van der Waals surface area contributed by atoms with Gasteiger partial charge in [0.1, 0.15) is 0 Å². The SMILES string of the molecule is Cc1ccc(C(CN)NC2CCC(C)(C)C2)cc1Cl. The van der Waals surface area contributed by atoms with E-state index >= 15 is 0 Å². The molecule has 1 fully saturated rings. The largest absolute Gasteiger partial charge is 0.329 e. The van der Waals surface area contributed by atoms with Gasteiger partial charge in [0.2, 0.25) is 0 Å². The first-order valence-electron chi connectivity index (χ1n) is 7.13. The Bertz CT molecular complexity index is 442. The van der Waals surface area contributed by atoms with Gasteiger partial charge < -0.3 is 11.1 Å². The molecular weight excluding hydrogens is 256 g/mol. The van der Waals surface area contributed by atoms with Crippen molar-refractivity contribution in [1.29, 1.82) is 0 Å². The molecular formula is C16H25ClN2. The molecule has 2 nitrogen and oxygen atoms in total. The molecule has 1 aromatic carbocycles. The van der Waals surface area contributed by atoms with Gasteiger partial charge in [0.05, 0.1) is 0 Å². The van der Waals surface area contributed by atoms with Gasteiger partial charge in [-0.2, -0.15) is 0 Å². The lowest BCUT2D eigenvalue weighted by Gasteiger charge is -2.24. The minimum Gasteiger partial charge on any atom is -0.329 e. The van der Waals surface area contributed by atoms with Crippen LogP contribution in [0.4, 0.5) is 0 Å². The standard InChI is InChI=1S/C16H25ClN2/c1-11-4-5-12(8-14(11)17)15(10-18)19-13-6-7-16(2,3)9-13/h4-5,8,13,15,19H,6-7,9-10,18H2,1-3H3. The minimum atomic E-state index is 0.206. The zero-order valence-corrected chi connectivity index (χ0v) is 12.9. The summed E-state index contributed by atoms with van der Waals surface area (Å²) in [5.41, 5.74) is 8.70. The average molecular weight is 281 g/mol. The van der Waals surface area contributed by atoms with Crippen LogP contribution in [0.25, 0.3) is 0 Å². The Morgan fingerprint density at radius 3 is 2.74 bits per heavy atom. The molecule has 106 valence electrons. The molecule has 3 heteroatoms. The van der Waals surface area contributed by atoms with Gasteiger partial charge >= 0.3 is 0 Å². The minimum absolute atomic E-state index is 0.206. The molecule has 1 aliphatic rings. The van der Waals surface area contributed by atoms with Crippen LogP contribution in [-0.2, 0) is 0 Å². The second kappa shape index (κ2) is 5.82. The van der Waals surface area contributed by atoms with Gasteiger partial charge in [-0.1, -0.05) is 37.6 Å². The molecule has 0 heterocycles. The fraction of sp³-hybridized carbons (Fsp3) is 0.625. The van der Waals surface area contributed by atoms with Crippen molar-refractivity contribution in [1.82, 2.24) is 5.32 Å². The number of nitrogens with two attached hydrogens (primary N) is 1. The number of halogens is 1. The van der Waals surface area contributed by atoms with Crippen LogP contribution in [0.1, 0.15) is 50.3 Å². The Balaban J connectivity index is 2.06. The molecule has 0 spiro atoms. The maximum atomic E-state index is 6.21. The van der Waals surface area contributed by atoms with Crippen molar-refractivity contribution in [2.45, 2.75) is 52.1 Å². The fourth-order valence-corrected chi connectivity index (χ4v) is 3.18. The van der Waals surface area contributed by atoms with E-state index in [1.54, 1.807) is 0 Å². The zero-order chi connectivity index (χ0) is 14.0. The van der Waals surface area contributed by atoms with E-state index in [2.05, 4.69) is 31.3 Å². The van der Waals surface area contributed by atoms with Gasteiger partial charge in [-0.15, -0.1) is 0 Å². The Hall–Kier alpha value is -0.570. The van der Waals surface area contributed by atoms with Gasteiger partial charge in [0.15, 0.2) is 0 Å². The topological polar surface area (TPSA) is 38.0 Å². The lowest BCUT2D eigenvalue weighted by atomic mass is 9.91. The van der Waals surface area contributed by atoms with Gasteiger partial charge in [0, 0.05) is 23.7 Å². The lowest BCUT2D eigenvalue weighted by molar-refractivity contribution is 0.353. The third kappa shape index (κ3) is 3.71. The van der Waals surface area contributed by atoms with Crippen molar-refractivity contribution >= 4 is 11.6 Å². The monoisotopic (exact) mass is 280 g/mol. The first kappa shape index (κ1) is 14.8. The van der Waals surface area contributed by atoms with E-state index in [0.717, 1.165) is 10.6 Å². The van der Waals surface area contributed by atoms with Crippen molar-refractivity contribution in [2.75, 3.05) is 6.54 Å². The van der Waals surface area contributed by atoms with Crippen molar-refractivity contribution in [2.24, 2.45) is 11.1 Å². The summed E-state index contributed by atoms with van der Waals surface area (Å²) in [6.45, 7) is 7.32. The van der Waals surface area contributed by atoms with Gasteiger partial charge in [-0.05, 0) is 48.8 Å². The second-order valence-corrected chi connectivity index (χ2v) is 6.97. The van der Waals surface area contributed by atoms with Crippen LogP contribution in [0, 0.1) is 12.3 Å². The second-order valence-electron chi connectivity index (χ2n) is 6.57. The number of nitrogens with one attached hydrogen (secondary N) is 1. The fourth-order valence-electron chi connectivity index (χ4n) is 2.99. The molecule has 0 radical (unpaired) electrons. The third-order valence-corrected chi connectivity index (χ3v) is 4.65. The summed E-state index contributed by atoms with van der Waals surface area (Å²) in [7, 11) is 0. The first-order chi connectivity index (χ1) is 8.91. The van der Waals surface area contributed by atoms with Crippen LogP contribution in [0.5, 0.6) is 0 Å². The summed E-state index contributed by atoms with van der Waals surface area (Å²) >= 11 is 6.21. The highest BCUT2D eigenvalue weighted by Gasteiger charge is 2.31. The molecule has 2 unspecified atom stereocenters. The Labute approximate surface area is 121 Å². The van der Waals surface area contributed by atoms with E-state index < -0.39 is 0 Å². The summed E-state index contributed by atoms with van der Waals surface area (Å²) in [6.07, 6.45) is 3.75. The number of rotatable bonds is 4. The highest BCUT2D eigenvalue weighted by Crippen LogP contribution is 2.37. The molecule has 2 atom stereocenters. The van der Waals surface area contributed by atoms with Crippen molar-refractivity contribution in [3.63, 3.8) is 0 Å². The van der Waals surface area contributed by atoms with Crippen LogP contribution in [0.2, 0.25) is 5.02 Å². The van der Waals surface area contributed by atoms with Crippen LogP contribution < -0.4 is 11.1 Å². The number of hydrogen-bond acceptors (Lipinski definition) is 2. The average Bonchev–Trinajstić information content (AvgIpc) is 2.69. The quantitative estimate of drug-likeness (QED) is 0.880. The van der Waals surface area contributed by atoms with E-state index in [1.165, 1.54) is 24.8 Å². The molecule has 1 aliphatic carbocycles. The lowest BCUT2D eigenvalue weighted by Crippen LogP contribution is -2.35. The van der Waals surface area contributed by atoms with E-state index in [4.69, 9.17) is 17.3 Å². The predicted molar refractivity (Wildman–Crippen MR) is 82.5 cm³/mol. The maximum absolute atomic E-state index is 6.21.